The van der Waals surface area contributed by atoms with E-state index in [9.17, 15) is 18.8 Å². The number of hydrogen-bond donors (Lipinski definition) is 0. The lowest BCUT2D eigenvalue weighted by Crippen LogP contribution is -2.41. The van der Waals surface area contributed by atoms with Gasteiger partial charge < -0.3 is 13.7 Å². The third kappa shape index (κ3) is 3.75. The van der Waals surface area contributed by atoms with E-state index >= 15 is 0 Å². The second-order valence-corrected chi connectivity index (χ2v) is 7.71. The smallest absolute Gasteiger partial charge is 0.373 e. The largest absolute Gasteiger partial charge is 0.463 e. The fourth-order valence-electron chi connectivity index (χ4n) is 3.49. The molecule has 0 spiro atoms. The normalized spacial score (nSPS) is 11.4. The van der Waals surface area contributed by atoms with Crippen LogP contribution in [0.25, 0.3) is 16.9 Å². The van der Waals surface area contributed by atoms with Crippen molar-refractivity contribution in [2.75, 3.05) is 7.11 Å². The Morgan fingerprint density at radius 3 is 2.53 bits per heavy atom. The molecule has 9 nitrogen and oxygen atoms in total. The lowest BCUT2D eigenvalue weighted by atomic mass is 10.2. The Morgan fingerprint density at radius 2 is 1.88 bits per heavy atom. The number of halogens is 1. The number of fused-ring (bicyclic) bond motifs is 1. The monoisotopic (exact) mass is 440 g/mol. The molecule has 10 heteroatoms. The second kappa shape index (κ2) is 8.29. The molecule has 0 bridgehead atoms. The molecule has 0 aliphatic carbocycles. The highest BCUT2D eigenvalue weighted by Crippen LogP contribution is 2.17. The van der Waals surface area contributed by atoms with Gasteiger partial charge in [-0.05, 0) is 42.3 Å². The summed E-state index contributed by atoms with van der Waals surface area (Å²) in [6.07, 6.45) is 1.42. The molecule has 0 fully saturated rings. The molecule has 0 radical (unpaired) electrons. The maximum atomic E-state index is 13.5. The molecule has 0 atom stereocenters. The highest BCUT2D eigenvalue weighted by atomic mass is 19.1. The number of nitrogens with zero attached hydrogens (tertiary/aromatic N) is 4. The maximum Gasteiger partial charge on any atom is 0.373 e. The van der Waals surface area contributed by atoms with Crippen LogP contribution in [-0.2, 0) is 17.8 Å². The van der Waals surface area contributed by atoms with Crippen LogP contribution in [0.4, 0.5) is 4.39 Å². The molecule has 0 aliphatic heterocycles. The van der Waals surface area contributed by atoms with E-state index in [0.29, 0.717) is 11.4 Å². The Kier molecular flexibility index (Phi) is 5.52. The molecule has 1 aromatic carbocycles. The predicted octanol–water partition coefficient (Wildman–Crippen LogP) is 2.57. The number of furan rings is 1. The molecular formula is C22H21FN4O5. The number of carbonyl (C=O) groups excluding carboxylic acids is 1. The molecule has 4 rings (SSSR count). The molecule has 3 heterocycles. The van der Waals surface area contributed by atoms with Crippen LogP contribution in [0, 0.1) is 11.7 Å². The van der Waals surface area contributed by atoms with Gasteiger partial charge in [-0.15, -0.1) is 0 Å². The first kappa shape index (κ1) is 21.3. The number of methoxy groups -OCH3 is 1. The zero-order chi connectivity index (χ0) is 23.0. The number of imidazole rings is 1. The van der Waals surface area contributed by atoms with E-state index in [4.69, 9.17) is 4.42 Å². The highest BCUT2D eigenvalue weighted by Gasteiger charge is 2.21. The van der Waals surface area contributed by atoms with Gasteiger partial charge in [-0.25, -0.2) is 23.5 Å². The summed E-state index contributed by atoms with van der Waals surface area (Å²) >= 11 is 0. The topological polar surface area (TPSA) is 101 Å². The Balaban J connectivity index is 1.91. The summed E-state index contributed by atoms with van der Waals surface area (Å²) in [6.45, 7) is 4.10. The van der Waals surface area contributed by atoms with Crippen LogP contribution < -0.4 is 11.2 Å². The zero-order valence-electron chi connectivity index (χ0n) is 17.7. The summed E-state index contributed by atoms with van der Waals surface area (Å²) in [5.41, 5.74) is -0.333. The summed E-state index contributed by atoms with van der Waals surface area (Å²) in [6, 6.07) is 8.45. The first-order valence-corrected chi connectivity index (χ1v) is 9.93. The maximum absolute atomic E-state index is 13.5. The predicted molar refractivity (Wildman–Crippen MR) is 114 cm³/mol. The average molecular weight is 440 g/mol. The lowest BCUT2D eigenvalue weighted by Gasteiger charge is -2.14. The number of hydrogen-bond acceptors (Lipinski definition) is 6. The van der Waals surface area contributed by atoms with Crippen molar-refractivity contribution in [3.63, 3.8) is 0 Å². The average Bonchev–Trinajstić information content (AvgIpc) is 3.39. The van der Waals surface area contributed by atoms with Crippen LogP contribution in [0.3, 0.4) is 0 Å². The first-order valence-electron chi connectivity index (χ1n) is 9.93. The van der Waals surface area contributed by atoms with Crippen molar-refractivity contribution in [2.24, 2.45) is 5.92 Å². The molecule has 0 amide bonds. The van der Waals surface area contributed by atoms with E-state index in [1.54, 1.807) is 10.6 Å². The van der Waals surface area contributed by atoms with Crippen molar-refractivity contribution in [3.05, 3.63) is 80.9 Å². The molecule has 0 aliphatic rings. The molecule has 4 aromatic rings. The number of aromatic nitrogens is 4. The van der Waals surface area contributed by atoms with E-state index in [0.717, 1.165) is 4.57 Å². The standard InChI is InChI=1S/C22H21FN4O5/c1-13(2)10-26-20(28)18-19(27(22(26)30)15-6-4-14(23)5-7-15)24-12-25(18)11-16-8-9-17(32-16)21(29)31-3/h4-9,12-13H,10-11H2,1-3H3. The fraction of sp³-hybridized carbons (Fsp3) is 0.273. The fourth-order valence-corrected chi connectivity index (χ4v) is 3.49. The van der Waals surface area contributed by atoms with Crippen molar-refractivity contribution in [2.45, 2.75) is 26.9 Å². The molecule has 32 heavy (non-hydrogen) atoms. The van der Waals surface area contributed by atoms with E-state index < -0.39 is 23.0 Å². The summed E-state index contributed by atoms with van der Waals surface area (Å²) in [4.78, 5) is 42.4. The summed E-state index contributed by atoms with van der Waals surface area (Å²) in [5, 5.41) is 0. The molecule has 0 saturated heterocycles. The Hall–Kier alpha value is -3.95. The molecule has 3 aromatic heterocycles. The van der Waals surface area contributed by atoms with Gasteiger partial charge in [-0.2, -0.15) is 0 Å². The summed E-state index contributed by atoms with van der Waals surface area (Å²) in [7, 11) is 1.25. The highest BCUT2D eigenvalue weighted by molar-refractivity contribution is 5.86. The second-order valence-electron chi connectivity index (χ2n) is 7.71. The molecule has 0 N–H and O–H groups in total. The van der Waals surface area contributed by atoms with Gasteiger partial charge in [0.25, 0.3) is 5.56 Å². The van der Waals surface area contributed by atoms with Gasteiger partial charge >= 0.3 is 11.7 Å². The zero-order valence-corrected chi connectivity index (χ0v) is 17.7. The van der Waals surface area contributed by atoms with Crippen molar-refractivity contribution < 1.29 is 18.3 Å². The van der Waals surface area contributed by atoms with Crippen LogP contribution in [0.2, 0.25) is 0 Å². The van der Waals surface area contributed by atoms with Gasteiger partial charge in [-0.1, -0.05) is 13.8 Å². The van der Waals surface area contributed by atoms with Crippen LogP contribution in [0.1, 0.15) is 30.2 Å². The number of carbonyl (C=O) groups is 1. The quantitative estimate of drug-likeness (QED) is 0.427. The minimum atomic E-state index is -0.615. The van der Waals surface area contributed by atoms with E-state index in [1.165, 1.54) is 48.3 Å². The first-order chi connectivity index (χ1) is 15.3. The lowest BCUT2D eigenvalue weighted by molar-refractivity contribution is 0.0563. The van der Waals surface area contributed by atoms with Crippen molar-refractivity contribution in [1.29, 1.82) is 0 Å². The van der Waals surface area contributed by atoms with Gasteiger partial charge in [0.15, 0.2) is 11.2 Å². The van der Waals surface area contributed by atoms with Crippen LogP contribution in [0.5, 0.6) is 0 Å². The SMILES string of the molecule is COC(=O)c1ccc(Cn2cnc3c2c(=O)n(CC(C)C)c(=O)n3-c2ccc(F)cc2)o1. The molecule has 0 unspecified atom stereocenters. The molecular weight excluding hydrogens is 419 g/mol. The number of rotatable bonds is 6. The minimum absolute atomic E-state index is 0.0311. The van der Waals surface area contributed by atoms with E-state index in [2.05, 4.69) is 9.72 Å². The molecule has 0 saturated carbocycles. The van der Waals surface area contributed by atoms with Crippen LogP contribution in [0.15, 0.2) is 56.7 Å². The Labute approximate surface area is 181 Å². The van der Waals surface area contributed by atoms with E-state index in [-0.39, 0.29) is 35.9 Å². The number of esters is 1. The van der Waals surface area contributed by atoms with Crippen molar-refractivity contribution >= 4 is 17.1 Å². The minimum Gasteiger partial charge on any atom is -0.463 e. The Bertz CT molecular complexity index is 1410. The molecule has 166 valence electrons. The van der Waals surface area contributed by atoms with Crippen molar-refractivity contribution in [1.82, 2.24) is 18.7 Å². The number of benzene rings is 1. The summed E-state index contributed by atoms with van der Waals surface area (Å²) < 4.78 is 27.6. The van der Waals surface area contributed by atoms with Gasteiger partial charge in [0, 0.05) is 6.54 Å². The van der Waals surface area contributed by atoms with Crippen LogP contribution >= 0.6 is 0 Å². The Morgan fingerprint density at radius 1 is 1.16 bits per heavy atom. The van der Waals surface area contributed by atoms with Gasteiger partial charge in [0.05, 0.1) is 25.7 Å². The number of ether oxygens (including phenoxy) is 1. The van der Waals surface area contributed by atoms with Gasteiger partial charge in [0.2, 0.25) is 5.76 Å². The van der Waals surface area contributed by atoms with Gasteiger partial charge in [0.1, 0.15) is 11.6 Å². The van der Waals surface area contributed by atoms with Gasteiger partial charge in [-0.3, -0.25) is 9.36 Å². The van der Waals surface area contributed by atoms with E-state index in [1.807, 2.05) is 13.8 Å². The summed E-state index contributed by atoms with van der Waals surface area (Å²) in [5.74, 6) is -0.593. The third-order valence-electron chi connectivity index (χ3n) is 4.91. The van der Waals surface area contributed by atoms with Crippen LogP contribution in [-0.4, -0.2) is 31.8 Å². The van der Waals surface area contributed by atoms with Crippen molar-refractivity contribution in [3.8, 4) is 5.69 Å². The third-order valence-corrected chi connectivity index (χ3v) is 4.91.